The van der Waals surface area contributed by atoms with Crippen molar-refractivity contribution in [1.82, 2.24) is 9.97 Å². The number of halogens is 1. The molecule has 0 atom stereocenters. The molecule has 2 nitrogen and oxygen atoms in total. The van der Waals surface area contributed by atoms with Gasteiger partial charge >= 0.3 is 0 Å². The number of aromatic nitrogens is 2. The molecule has 0 spiro atoms. The molecule has 0 unspecified atom stereocenters. The van der Waals surface area contributed by atoms with E-state index in [2.05, 4.69) is 32.6 Å². The Morgan fingerprint density at radius 3 is 2.25 bits per heavy atom. The van der Waals surface area contributed by atoms with Crippen LogP contribution in [0.3, 0.4) is 0 Å². The molecule has 1 rings (SSSR count). The third-order valence-electron chi connectivity index (χ3n) is 0.749. The second-order valence-electron chi connectivity index (χ2n) is 1.53. The fraction of sp³-hybridized carbons (Fsp3) is 0.200. The molecule has 0 fully saturated rings. The molecule has 0 saturated carbocycles. The number of hydrogen-bond acceptors (Lipinski definition) is 2. The molecule has 1 heterocycles. The van der Waals surface area contributed by atoms with Crippen LogP contribution >= 0.6 is 22.6 Å². The first-order valence-electron chi connectivity index (χ1n) is 2.23. The van der Waals surface area contributed by atoms with Crippen molar-refractivity contribution in [3.8, 4) is 0 Å². The van der Waals surface area contributed by atoms with E-state index in [0.29, 0.717) is 0 Å². The molecule has 1 aromatic heterocycles. The molecule has 0 aliphatic rings. The van der Waals surface area contributed by atoms with Crippen molar-refractivity contribution in [2.75, 3.05) is 0 Å². The number of rotatable bonds is 0. The van der Waals surface area contributed by atoms with Gasteiger partial charge in [-0.1, -0.05) is 0 Å². The SMILES string of the molecule is Cc1cnc(I)nc1. The molecule has 0 bridgehead atoms. The van der Waals surface area contributed by atoms with E-state index in [-0.39, 0.29) is 0 Å². The number of nitrogens with zero attached hydrogens (tertiary/aromatic N) is 2. The van der Waals surface area contributed by atoms with Crippen LogP contribution in [0.5, 0.6) is 0 Å². The van der Waals surface area contributed by atoms with Gasteiger partial charge in [0.2, 0.25) is 0 Å². The molecule has 0 aliphatic heterocycles. The highest BCUT2D eigenvalue weighted by molar-refractivity contribution is 14.1. The van der Waals surface area contributed by atoms with Crippen molar-refractivity contribution in [3.05, 3.63) is 21.8 Å². The zero-order valence-corrected chi connectivity index (χ0v) is 6.58. The predicted octanol–water partition coefficient (Wildman–Crippen LogP) is 1.39. The van der Waals surface area contributed by atoms with Gasteiger partial charge in [0.1, 0.15) is 0 Å². The maximum Gasteiger partial charge on any atom is 0.190 e. The Bertz CT molecular complexity index is 149. The van der Waals surface area contributed by atoms with Gasteiger partial charge in [-0.05, 0) is 12.5 Å². The lowest BCUT2D eigenvalue weighted by Crippen LogP contribution is -1.84. The summed E-state index contributed by atoms with van der Waals surface area (Å²) in [6.07, 6.45) is 3.60. The maximum atomic E-state index is 3.95. The lowest BCUT2D eigenvalue weighted by Gasteiger charge is -1.87. The first-order chi connectivity index (χ1) is 3.79. The summed E-state index contributed by atoms with van der Waals surface area (Å²) >= 11 is 2.07. The Morgan fingerprint density at radius 1 is 1.38 bits per heavy atom. The van der Waals surface area contributed by atoms with Crippen LogP contribution in [0, 0.1) is 10.8 Å². The highest BCUT2D eigenvalue weighted by atomic mass is 127. The monoisotopic (exact) mass is 220 g/mol. The highest BCUT2D eigenvalue weighted by Gasteiger charge is 1.84. The average molecular weight is 220 g/mol. The molecule has 0 N–H and O–H groups in total. The van der Waals surface area contributed by atoms with E-state index >= 15 is 0 Å². The Morgan fingerprint density at radius 2 is 1.88 bits per heavy atom. The highest BCUT2D eigenvalue weighted by Crippen LogP contribution is 1.94. The van der Waals surface area contributed by atoms with Crippen LogP contribution in [0.25, 0.3) is 0 Å². The summed E-state index contributed by atoms with van der Waals surface area (Å²) < 4.78 is 0.799. The van der Waals surface area contributed by atoms with Crippen molar-refractivity contribution in [1.29, 1.82) is 0 Å². The van der Waals surface area contributed by atoms with E-state index in [1.54, 1.807) is 12.4 Å². The predicted molar refractivity (Wildman–Crippen MR) is 39.5 cm³/mol. The zero-order valence-electron chi connectivity index (χ0n) is 4.43. The topological polar surface area (TPSA) is 25.8 Å². The van der Waals surface area contributed by atoms with Gasteiger partial charge in [-0.3, -0.25) is 0 Å². The molecule has 0 amide bonds. The van der Waals surface area contributed by atoms with Crippen LogP contribution in [-0.2, 0) is 0 Å². The Hall–Kier alpha value is -0.190. The lowest BCUT2D eigenvalue weighted by atomic mass is 10.4. The van der Waals surface area contributed by atoms with Gasteiger partial charge in [0, 0.05) is 35.0 Å². The summed E-state index contributed by atoms with van der Waals surface area (Å²) in [6, 6.07) is 0. The molecule has 0 aliphatic carbocycles. The van der Waals surface area contributed by atoms with Crippen molar-refractivity contribution >= 4 is 22.6 Å². The van der Waals surface area contributed by atoms with E-state index in [0.717, 1.165) is 9.39 Å². The van der Waals surface area contributed by atoms with Crippen LogP contribution in [0.2, 0.25) is 0 Å². The second-order valence-corrected chi connectivity index (χ2v) is 2.49. The summed E-state index contributed by atoms with van der Waals surface area (Å²) in [4.78, 5) is 7.91. The van der Waals surface area contributed by atoms with E-state index in [9.17, 15) is 0 Å². The van der Waals surface area contributed by atoms with Crippen molar-refractivity contribution in [3.63, 3.8) is 0 Å². The lowest BCUT2D eigenvalue weighted by molar-refractivity contribution is 1.08. The van der Waals surface area contributed by atoms with Gasteiger partial charge in [0.15, 0.2) is 3.83 Å². The van der Waals surface area contributed by atoms with Crippen LogP contribution in [0.15, 0.2) is 12.4 Å². The second kappa shape index (κ2) is 2.39. The molecular formula is C5H5IN2. The molecule has 0 saturated heterocycles. The average Bonchev–Trinajstić information content (AvgIpc) is 1.77. The van der Waals surface area contributed by atoms with Crippen LogP contribution in [-0.4, -0.2) is 9.97 Å². The maximum absolute atomic E-state index is 3.95. The zero-order chi connectivity index (χ0) is 5.98. The minimum Gasteiger partial charge on any atom is -0.231 e. The standard InChI is InChI=1S/C5H5IN2/c1-4-2-7-5(6)8-3-4/h2-3H,1H3. The minimum absolute atomic E-state index is 0.799. The molecule has 1 aromatic rings. The van der Waals surface area contributed by atoms with E-state index in [1.165, 1.54) is 0 Å². The minimum atomic E-state index is 0.799. The Balaban J connectivity index is 3.03. The first-order valence-corrected chi connectivity index (χ1v) is 3.31. The Kier molecular flexibility index (Phi) is 1.77. The molecule has 0 aromatic carbocycles. The van der Waals surface area contributed by atoms with Gasteiger partial charge in [-0.2, -0.15) is 0 Å². The molecule has 42 valence electrons. The molecule has 8 heavy (non-hydrogen) atoms. The summed E-state index contributed by atoms with van der Waals surface area (Å²) in [5, 5.41) is 0. The first kappa shape index (κ1) is 5.94. The summed E-state index contributed by atoms with van der Waals surface area (Å²) in [7, 11) is 0. The molecule has 0 radical (unpaired) electrons. The van der Waals surface area contributed by atoms with E-state index < -0.39 is 0 Å². The third kappa shape index (κ3) is 1.40. The van der Waals surface area contributed by atoms with Crippen LogP contribution in [0.1, 0.15) is 5.56 Å². The number of hydrogen-bond donors (Lipinski definition) is 0. The summed E-state index contributed by atoms with van der Waals surface area (Å²) in [6.45, 7) is 1.97. The van der Waals surface area contributed by atoms with Crippen molar-refractivity contribution < 1.29 is 0 Å². The van der Waals surface area contributed by atoms with Crippen LogP contribution in [0.4, 0.5) is 0 Å². The van der Waals surface area contributed by atoms with E-state index in [1.807, 2.05) is 6.92 Å². The largest absolute Gasteiger partial charge is 0.231 e. The quantitative estimate of drug-likeness (QED) is 0.487. The third-order valence-corrected chi connectivity index (χ3v) is 1.31. The van der Waals surface area contributed by atoms with Gasteiger partial charge < -0.3 is 0 Å². The molecule has 3 heteroatoms. The van der Waals surface area contributed by atoms with E-state index in [4.69, 9.17) is 0 Å². The number of aryl methyl sites for hydroxylation is 1. The normalized spacial score (nSPS) is 9.25. The van der Waals surface area contributed by atoms with Gasteiger partial charge in [0.05, 0.1) is 0 Å². The molecular weight excluding hydrogens is 215 g/mol. The van der Waals surface area contributed by atoms with Gasteiger partial charge in [-0.25, -0.2) is 9.97 Å². The van der Waals surface area contributed by atoms with Gasteiger partial charge in [0.25, 0.3) is 0 Å². The van der Waals surface area contributed by atoms with Gasteiger partial charge in [-0.15, -0.1) is 0 Å². The van der Waals surface area contributed by atoms with Crippen molar-refractivity contribution in [2.45, 2.75) is 6.92 Å². The fourth-order valence-electron chi connectivity index (χ4n) is 0.377. The fourth-order valence-corrected chi connectivity index (χ4v) is 0.655. The van der Waals surface area contributed by atoms with Crippen LogP contribution < -0.4 is 0 Å². The van der Waals surface area contributed by atoms with Crippen molar-refractivity contribution in [2.24, 2.45) is 0 Å². The Labute approximate surface area is 61.5 Å². The summed E-state index contributed by atoms with van der Waals surface area (Å²) in [5.74, 6) is 0. The summed E-state index contributed by atoms with van der Waals surface area (Å²) in [5.41, 5.74) is 1.10. The smallest absolute Gasteiger partial charge is 0.190 e.